The van der Waals surface area contributed by atoms with E-state index in [1.54, 1.807) is 37.3 Å². The van der Waals surface area contributed by atoms with Crippen molar-refractivity contribution < 1.29 is 18.0 Å². The van der Waals surface area contributed by atoms with Crippen LogP contribution >= 0.6 is 23.2 Å². The molecule has 180 valence electrons. The second kappa shape index (κ2) is 11.3. The first-order chi connectivity index (χ1) is 15.3. The maximum Gasteiger partial charge on any atom is 0.243 e. The molecule has 0 aliphatic heterocycles. The highest BCUT2D eigenvalue weighted by molar-refractivity contribution is 7.89. The molecule has 0 radical (unpaired) electrons. The van der Waals surface area contributed by atoms with Gasteiger partial charge in [0.2, 0.25) is 21.8 Å². The summed E-state index contributed by atoms with van der Waals surface area (Å²) in [7, 11) is -2.56. The van der Waals surface area contributed by atoms with Gasteiger partial charge in [0, 0.05) is 29.7 Å². The summed E-state index contributed by atoms with van der Waals surface area (Å²) >= 11 is 12.3. The quantitative estimate of drug-likeness (QED) is 0.551. The zero-order chi connectivity index (χ0) is 24.9. The number of aryl methyl sites for hydroxylation is 1. The van der Waals surface area contributed by atoms with Crippen molar-refractivity contribution in [2.75, 3.05) is 13.6 Å². The van der Waals surface area contributed by atoms with Gasteiger partial charge in [-0.25, -0.2) is 8.42 Å². The van der Waals surface area contributed by atoms with E-state index in [1.165, 1.54) is 24.1 Å². The van der Waals surface area contributed by atoms with Gasteiger partial charge in [0.1, 0.15) is 6.04 Å². The van der Waals surface area contributed by atoms with Gasteiger partial charge >= 0.3 is 0 Å². The normalized spacial score (nSPS) is 12.6. The van der Waals surface area contributed by atoms with Crippen molar-refractivity contribution in [2.24, 2.45) is 0 Å². The number of sulfonamides is 1. The largest absolute Gasteiger partial charge is 0.352 e. The summed E-state index contributed by atoms with van der Waals surface area (Å²) in [5.74, 6) is -0.891. The van der Waals surface area contributed by atoms with Crippen LogP contribution in [0.15, 0.2) is 47.4 Å². The zero-order valence-electron chi connectivity index (χ0n) is 19.3. The molecule has 0 heterocycles. The molecular weight excluding hydrogens is 485 g/mol. The fourth-order valence-electron chi connectivity index (χ4n) is 3.08. The molecule has 1 atom stereocenters. The number of carbonyl (C=O) groups excluding carboxylic acids is 2. The molecule has 33 heavy (non-hydrogen) atoms. The van der Waals surface area contributed by atoms with Gasteiger partial charge in [-0.1, -0.05) is 47.0 Å². The topological polar surface area (TPSA) is 86.8 Å². The highest BCUT2D eigenvalue weighted by Crippen LogP contribution is 2.24. The van der Waals surface area contributed by atoms with Gasteiger partial charge in [-0.3, -0.25) is 9.59 Å². The summed E-state index contributed by atoms with van der Waals surface area (Å²) in [6.07, 6.45) is 0. The molecular formula is C23H29Cl2N3O4S. The molecule has 1 N–H and O–H groups in total. The van der Waals surface area contributed by atoms with Crippen LogP contribution in [0.3, 0.4) is 0 Å². The second-order valence-corrected chi connectivity index (χ2v) is 11.1. The first kappa shape index (κ1) is 27.1. The van der Waals surface area contributed by atoms with Crippen LogP contribution in [0.1, 0.15) is 31.9 Å². The fraction of sp³-hybridized carbons (Fsp3) is 0.391. The third-order valence-electron chi connectivity index (χ3n) is 5.04. The SMILES string of the molecule is Cc1ccc(S(=O)(=O)N(C)CC(=O)N(Cc2ccc(Cl)cc2Cl)[C@@H](C)C(=O)NC(C)C)cc1. The Labute approximate surface area is 205 Å². The fourth-order valence-corrected chi connectivity index (χ4v) is 4.67. The zero-order valence-corrected chi connectivity index (χ0v) is 21.6. The van der Waals surface area contributed by atoms with Gasteiger partial charge < -0.3 is 10.2 Å². The molecule has 0 aliphatic rings. The summed E-state index contributed by atoms with van der Waals surface area (Å²) in [5.41, 5.74) is 1.51. The van der Waals surface area contributed by atoms with E-state index in [9.17, 15) is 18.0 Å². The summed E-state index contributed by atoms with van der Waals surface area (Å²) in [5, 5.41) is 3.57. The lowest BCUT2D eigenvalue weighted by molar-refractivity contribution is -0.140. The van der Waals surface area contributed by atoms with E-state index < -0.39 is 28.5 Å². The van der Waals surface area contributed by atoms with E-state index in [2.05, 4.69) is 5.32 Å². The predicted molar refractivity (Wildman–Crippen MR) is 131 cm³/mol. The van der Waals surface area contributed by atoms with Crippen LogP contribution in [0.25, 0.3) is 0 Å². The maximum absolute atomic E-state index is 13.3. The standard InChI is InChI=1S/C23H29Cl2N3O4S/c1-15(2)26-23(30)17(4)28(13-18-8-9-19(24)12-21(18)25)22(29)14-27(5)33(31,32)20-10-6-16(3)7-11-20/h6-12,15,17H,13-14H2,1-5H3,(H,26,30)/t17-/m0/s1. The molecule has 7 nitrogen and oxygen atoms in total. The monoisotopic (exact) mass is 513 g/mol. The van der Waals surface area contributed by atoms with E-state index in [4.69, 9.17) is 23.2 Å². The number of nitrogens with one attached hydrogen (secondary N) is 1. The minimum absolute atomic E-state index is 0.0138. The highest BCUT2D eigenvalue weighted by Gasteiger charge is 2.30. The number of amides is 2. The van der Waals surface area contributed by atoms with Crippen LogP contribution < -0.4 is 5.32 Å². The number of nitrogens with zero attached hydrogens (tertiary/aromatic N) is 2. The first-order valence-corrected chi connectivity index (χ1v) is 12.6. The lowest BCUT2D eigenvalue weighted by atomic mass is 10.1. The number of carbonyl (C=O) groups is 2. The van der Waals surface area contributed by atoms with E-state index in [0.717, 1.165) is 9.87 Å². The number of likely N-dealkylation sites (N-methyl/N-ethyl adjacent to an activating group) is 1. The van der Waals surface area contributed by atoms with Gasteiger partial charge in [-0.15, -0.1) is 0 Å². The third-order valence-corrected chi connectivity index (χ3v) is 7.45. The molecule has 2 rings (SSSR count). The van der Waals surface area contributed by atoms with Gasteiger partial charge in [0.25, 0.3) is 0 Å². The van der Waals surface area contributed by atoms with Crippen molar-refractivity contribution in [3.05, 3.63) is 63.6 Å². The molecule has 0 fully saturated rings. The predicted octanol–water partition coefficient (Wildman–Crippen LogP) is 3.86. The Bertz CT molecular complexity index is 1110. The van der Waals surface area contributed by atoms with Gasteiger partial charge in [0.15, 0.2) is 0 Å². The average molecular weight is 514 g/mol. The van der Waals surface area contributed by atoms with Gasteiger partial charge in [0.05, 0.1) is 11.4 Å². The van der Waals surface area contributed by atoms with Crippen molar-refractivity contribution in [1.82, 2.24) is 14.5 Å². The van der Waals surface area contributed by atoms with Crippen LogP contribution in [0, 0.1) is 6.92 Å². The summed E-state index contributed by atoms with van der Waals surface area (Å²) < 4.78 is 26.9. The number of benzene rings is 2. The molecule has 0 saturated heterocycles. The minimum atomic E-state index is -3.89. The second-order valence-electron chi connectivity index (χ2n) is 8.17. The molecule has 2 aromatic carbocycles. The lowest BCUT2D eigenvalue weighted by Gasteiger charge is -2.31. The van der Waals surface area contributed by atoms with E-state index in [-0.39, 0.29) is 23.4 Å². The van der Waals surface area contributed by atoms with E-state index >= 15 is 0 Å². The average Bonchev–Trinajstić information content (AvgIpc) is 2.72. The molecule has 0 saturated carbocycles. The minimum Gasteiger partial charge on any atom is -0.352 e. The van der Waals surface area contributed by atoms with Crippen molar-refractivity contribution in [3.63, 3.8) is 0 Å². The lowest BCUT2D eigenvalue weighted by Crippen LogP contribution is -2.51. The third kappa shape index (κ3) is 7.17. The van der Waals surface area contributed by atoms with Crippen LogP contribution in [0.2, 0.25) is 10.0 Å². The Morgan fingerprint density at radius 2 is 1.64 bits per heavy atom. The number of halogens is 2. The van der Waals surface area contributed by atoms with E-state index in [1.807, 2.05) is 20.8 Å². The smallest absolute Gasteiger partial charge is 0.243 e. The number of rotatable bonds is 9. The summed E-state index contributed by atoms with van der Waals surface area (Å²) in [4.78, 5) is 27.3. The summed E-state index contributed by atoms with van der Waals surface area (Å²) in [6.45, 7) is 6.64. The Hall–Kier alpha value is -2.13. The molecule has 10 heteroatoms. The molecule has 0 spiro atoms. The van der Waals surface area contributed by atoms with Crippen LogP contribution in [0.4, 0.5) is 0 Å². The molecule has 2 aromatic rings. The molecule has 0 bridgehead atoms. The van der Waals surface area contributed by atoms with Gasteiger partial charge in [-0.2, -0.15) is 4.31 Å². The number of hydrogen-bond acceptors (Lipinski definition) is 4. The van der Waals surface area contributed by atoms with Crippen molar-refractivity contribution >= 4 is 45.0 Å². The molecule has 0 aromatic heterocycles. The highest BCUT2D eigenvalue weighted by atomic mass is 35.5. The van der Waals surface area contributed by atoms with Crippen LogP contribution in [0.5, 0.6) is 0 Å². The Kier molecular flexibility index (Phi) is 9.31. The molecule has 2 amide bonds. The van der Waals surface area contributed by atoms with Crippen molar-refractivity contribution in [3.8, 4) is 0 Å². The van der Waals surface area contributed by atoms with Gasteiger partial charge in [-0.05, 0) is 57.5 Å². The Morgan fingerprint density at radius 1 is 1.03 bits per heavy atom. The first-order valence-electron chi connectivity index (χ1n) is 10.4. The van der Waals surface area contributed by atoms with Crippen molar-refractivity contribution in [1.29, 1.82) is 0 Å². The Morgan fingerprint density at radius 3 is 2.18 bits per heavy atom. The van der Waals surface area contributed by atoms with E-state index in [0.29, 0.717) is 15.6 Å². The maximum atomic E-state index is 13.3. The number of hydrogen-bond donors (Lipinski definition) is 1. The summed E-state index contributed by atoms with van der Waals surface area (Å²) in [6, 6.07) is 10.2. The van der Waals surface area contributed by atoms with Crippen molar-refractivity contribution in [2.45, 2.75) is 51.2 Å². The molecule has 0 unspecified atom stereocenters. The van der Waals surface area contributed by atoms with Crippen LogP contribution in [-0.4, -0.2) is 55.1 Å². The van der Waals surface area contributed by atoms with Crippen LogP contribution in [-0.2, 0) is 26.2 Å². The molecule has 0 aliphatic carbocycles. The Balaban J connectivity index is 2.31.